The third kappa shape index (κ3) is 2.78. The molecule has 6 heteroatoms. The summed E-state index contributed by atoms with van der Waals surface area (Å²) in [4.78, 5) is 0. The molecule has 0 aliphatic carbocycles. The highest BCUT2D eigenvalue weighted by molar-refractivity contribution is 5.21. The Hall–Kier alpha value is -2.24. The highest BCUT2D eigenvalue weighted by Gasteiger charge is 2.17. The summed E-state index contributed by atoms with van der Waals surface area (Å²) < 4.78 is 46.2. The number of aryl methyl sites for hydroxylation is 1. The van der Waals surface area contributed by atoms with Gasteiger partial charge in [-0.3, -0.25) is 0 Å². The Balaban J connectivity index is 2.24. The normalized spacial score (nSPS) is 10.5. The lowest BCUT2D eigenvalue weighted by atomic mass is 10.2. The molecule has 2 aromatic rings. The Kier molecular flexibility index (Phi) is 3.59. The van der Waals surface area contributed by atoms with Crippen molar-refractivity contribution < 1.29 is 22.6 Å². The Morgan fingerprint density at radius 1 is 1.16 bits per heavy atom. The van der Waals surface area contributed by atoms with E-state index in [4.69, 9.17) is 10.6 Å². The Labute approximate surface area is 108 Å². The first kappa shape index (κ1) is 13.2. The van der Waals surface area contributed by atoms with Crippen LogP contribution in [0.2, 0.25) is 0 Å². The number of ether oxygens (including phenoxy) is 1. The van der Waals surface area contributed by atoms with Gasteiger partial charge in [0.05, 0.1) is 11.6 Å². The largest absolute Gasteiger partial charge is 0.437 e. The van der Waals surface area contributed by atoms with Crippen LogP contribution >= 0.6 is 0 Å². The van der Waals surface area contributed by atoms with E-state index >= 15 is 0 Å². The Morgan fingerprint density at radius 3 is 2.58 bits per heavy atom. The van der Waals surface area contributed by atoms with Gasteiger partial charge in [0.25, 0.3) is 0 Å². The molecule has 0 saturated heterocycles. The summed E-state index contributed by atoms with van der Waals surface area (Å²) in [6.45, 7) is 1.37. The van der Waals surface area contributed by atoms with Crippen LogP contribution in [0.4, 0.5) is 13.2 Å². The number of rotatable bonds is 3. The molecule has 0 fully saturated rings. The molecule has 0 radical (unpaired) electrons. The van der Waals surface area contributed by atoms with Crippen LogP contribution in [0.25, 0.3) is 0 Å². The van der Waals surface area contributed by atoms with Gasteiger partial charge in [-0.1, -0.05) is 4.68 Å². The van der Waals surface area contributed by atoms with Crippen LogP contribution in [0.5, 0.6) is 5.88 Å². The molecule has 0 amide bonds. The van der Waals surface area contributed by atoms with Crippen molar-refractivity contribution >= 4 is 0 Å². The SMILES string of the molecule is Cc1cc[n+](N)c(OCc2c(F)ccc(F)c2F)c1. The third-order valence-corrected chi connectivity index (χ3v) is 2.61. The predicted molar refractivity (Wildman–Crippen MR) is 62.2 cm³/mol. The molecule has 1 heterocycles. The van der Waals surface area contributed by atoms with Gasteiger partial charge in [-0.25, -0.2) is 19.0 Å². The number of hydrogen-bond donors (Lipinski definition) is 1. The molecule has 100 valence electrons. The maximum atomic E-state index is 13.4. The first-order valence-electron chi connectivity index (χ1n) is 5.51. The van der Waals surface area contributed by atoms with Crippen LogP contribution in [-0.2, 0) is 6.61 Å². The maximum absolute atomic E-state index is 13.4. The minimum absolute atomic E-state index is 0.225. The van der Waals surface area contributed by atoms with Crippen LogP contribution < -0.4 is 15.3 Å². The van der Waals surface area contributed by atoms with Gasteiger partial charge in [-0.15, -0.1) is 0 Å². The third-order valence-electron chi connectivity index (χ3n) is 2.61. The lowest BCUT2D eigenvalue weighted by Crippen LogP contribution is -2.45. The number of pyridine rings is 1. The van der Waals surface area contributed by atoms with Crippen molar-refractivity contribution in [3.05, 3.63) is 59.0 Å². The summed E-state index contributed by atoms with van der Waals surface area (Å²) in [6, 6.07) is 4.93. The van der Waals surface area contributed by atoms with Crippen LogP contribution in [-0.4, -0.2) is 0 Å². The van der Waals surface area contributed by atoms with E-state index in [1.807, 2.05) is 6.92 Å². The molecule has 1 aromatic carbocycles. The van der Waals surface area contributed by atoms with E-state index in [-0.39, 0.29) is 5.88 Å². The second-order valence-electron chi connectivity index (χ2n) is 4.06. The van der Waals surface area contributed by atoms with Crippen molar-refractivity contribution in [1.82, 2.24) is 0 Å². The Bertz CT molecular complexity index is 617. The molecule has 0 saturated carbocycles. The Morgan fingerprint density at radius 2 is 1.84 bits per heavy atom. The van der Waals surface area contributed by atoms with Crippen molar-refractivity contribution in [2.45, 2.75) is 13.5 Å². The number of nitrogen functional groups attached to an aromatic ring is 1. The van der Waals surface area contributed by atoms with Crippen molar-refractivity contribution in [3.8, 4) is 5.88 Å². The molecule has 2 N–H and O–H groups in total. The predicted octanol–water partition coefficient (Wildman–Crippen LogP) is 1.99. The van der Waals surface area contributed by atoms with Crippen molar-refractivity contribution in [3.63, 3.8) is 0 Å². The van der Waals surface area contributed by atoms with E-state index in [1.54, 1.807) is 18.3 Å². The molecule has 2 rings (SSSR count). The van der Waals surface area contributed by atoms with E-state index in [0.29, 0.717) is 0 Å². The minimum atomic E-state index is -1.25. The van der Waals surface area contributed by atoms with Gasteiger partial charge in [0.2, 0.25) is 6.20 Å². The second-order valence-corrected chi connectivity index (χ2v) is 4.06. The quantitative estimate of drug-likeness (QED) is 0.526. The van der Waals surface area contributed by atoms with Gasteiger partial charge in [0.15, 0.2) is 11.6 Å². The summed E-state index contributed by atoms with van der Waals surface area (Å²) in [5.74, 6) is 2.58. The lowest BCUT2D eigenvalue weighted by Gasteiger charge is -2.06. The highest BCUT2D eigenvalue weighted by atomic mass is 19.2. The summed E-state index contributed by atoms with van der Waals surface area (Å²) in [6.07, 6.45) is 1.54. The van der Waals surface area contributed by atoms with Crippen molar-refractivity contribution in [1.29, 1.82) is 0 Å². The maximum Gasteiger partial charge on any atom is 0.397 e. The molecule has 0 aliphatic rings. The number of nitrogens with two attached hydrogens (primary N) is 1. The van der Waals surface area contributed by atoms with Crippen LogP contribution in [0.15, 0.2) is 30.5 Å². The van der Waals surface area contributed by atoms with Crippen LogP contribution in [0, 0.1) is 24.4 Å². The molecule has 0 aliphatic heterocycles. The summed E-state index contributed by atoms with van der Waals surface area (Å²) in [7, 11) is 0. The number of benzene rings is 1. The van der Waals surface area contributed by atoms with Gasteiger partial charge < -0.3 is 4.74 Å². The van der Waals surface area contributed by atoms with E-state index in [2.05, 4.69) is 0 Å². The molecule has 0 spiro atoms. The van der Waals surface area contributed by atoms with E-state index in [0.717, 1.165) is 17.7 Å². The number of halogens is 3. The zero-order chi connectivity index (χ0) is 14.0. The first-order valence-corrected chi connectivity index (χ1v) is 5.51. The fourth-order valence-electron chi connectivity index (χ4n) is 1.55. The van der Waals surface area contributed by atoms with Crippen LogP contribution in [0.3, 0.4) is 0 Å². The van der Waals surface area contributed by atoms with Crippen molar-refractivity contribution in [2.75, 3.05) is 5.84 Å². The molecule has 0 bridgehead atoms. The second kappa shape index (κ2) is 5.17. The average Bonchev–Trinajstić information content (AvgIpc) is 2.38. The van der Waals surface area contributed by atoms with Gasteiger partial charge in [0, 0.05) is 6.07 Å². The summed E-state index contributed by atoms with van der Waals surface area (Å²) >= 11 is 0. The summed E-state index contributed by atoms with van der Waals surface area (Å²) in [5.41, 5.74) is 0.401. The lowest BCUT2D eigenvalue weighted by molar-refractivity contribution is -0.645. The fraction of sp³-hybridized carbons (Fsp3) is 0.154. The van der Waals surface area contributed by atoms with E-state index in [9.17, 15) is 13.2 Å². The smallest absolute Gasteiger partial charge is 0.397 e. The van der Waals surface area contributed by atoms with E-state index < -0.39 is 29.6 Å². The zero-order valence-corrected chi connectivity index (χ0v) is 10.2. The first-order chi connectivity index (χ1) is 8.99. The molecule has 1 aromatic heterocycles. The number of hydrogen-bond acceptors (Lipinski definition) is 2. The number of aromatic nitrogens is 1. The molecular formula is C13H12F3N2O+. The monoisotopic (exact) mass is 269 g/mol. The highest BCUT2D eigenvalue weighted by Crippen LogP contribution is 2.17. The molecule has 0 atom stereocenters. The van der Waals surface area contributed by atoms with E-state index in [1.165, 1.54) is 4.68 Å². The minimum Gasteiger partial charge on any atom is -0.437 e. The average molecular weight is 269 g/mol. The molecule has 19 heavy (non-hydrogen) atoms. The van der Waals surface area contributed by atoms with Crippen molar-refractivity contribution in [2.24, 2.45) is 0 Å². The van der Waals surface area contributed by atoms with Gasteiger partial charge >= 0.3 is 5.88 Å². The summed E-state index contributed by atoms with van der Waals surface area (Å²) in [5, 5.41) is 0. The van der Waals surface area contributed by atoms with Gasteiger partial charge in [-0.05, 0) is 24.6 Å². The van der Waals surface area contributed by atoms with Gasteiger partial charge in [-0.2, -0.15) is 0 Å². The zero-order valence-electron chi connectivity index (χ0n) is 10.2. The topological polar surface area (TPSA) is 39.1 Å². The molecular weight excluding hydrogens is 257 g/mol. The molecule has 3 nitrogen and oxygen atoms in total. The molecule has 0 unspecified atom stereocenters. The van der Waals surface area contributed by atoms with Crippen LogP contribution in [0.1, 0.15) is 11.1 Å². The standard InChI is InChI=1S/C13H12F3N2O/c1-8-4-5-18(17)12(6-8)19-7-9-10(14)2-3-11(15)13(9)16/h2-6H,7,17H2,1H3/q+1. The fourth-order valence-corrected chi connectivity index (χ4v) is 1.55. The number of nitrogens with zero attached hydrogens (tertiary/aromatic N) is 1. The van der Waals surface area contributed by atoms with Gasteiger partial charge in [0.1, 0.15) is 12.4 Å².